The highest BCUT2D eigenvalue weighted by molar-refractivity contribution is 5.67. The molecule has 0 heterocycles. The van der Waals surface area contributed by atoms with Gasteiger partial charge in [0.25, 0.3) is 0 Å². The summed E-state index contributed by atoms with van der Waals surface area (Å²) in [5, 5.41) is 2.74. The second kappa shape index (κ2) is 5.51. The first-order valence-electron chi connectivity index (χ1n) is 5.98. The summed E-state index contributed by atoms with van der Waals surface area (Å²) in [7, 11) is 0. The van der Waals surface area contributed by atoms with E-state index in [2.05, 4.69) is 5.32 Å². The summed E-state index contributed by atoms with van der Waals surface area (Å²) in [5.41, 5.74) is -0.458. The molecule has 94 valence electrons. The van der Waals surface area contributed by atoms with Crippen LogP contribution in [0.5, 0.6) is 0 Å². The van der Waals surface area contributed by atoms with E-state index >= 15 is 0 Å². The molecule has 0 bridgehead atoms. The van der Waals surface area contributed by atoms with Gasteiger partial charge in [-0.2, -0.15) is 0 Å². The van der Waals surface area contributed by atoms with Crippen LogP contribution in [-0.2, 0) is 4.74 Å². The molecule has 4 heteroatoms. The molecule has 0 unspecified atom stereocenters. The summed E-state index contributed by atoms with van der Waals surface area (Å²) in [4.78, 5) is 11.4. The van der Waals surface area contributed by atoms with Crippen LogP contribution in [0, 0.1) is 5.92 Å². The Hall–Kier alpha value is -0.800. The normalized spacial score (nSPS) is 26.2. The van der Waals surface area contributed by atoms with Crippen molar-refractivity contribution < 1.29 is 13.9 Å². The van der Waals surface area contributed by atoms with Gasteiger partial charge in [0.05, 0.1) is 0 Å². The molecule has 1 amide bonds. The Kier molecular flexibility index (Phi) is 4.56. The molecule has 1 fully saturated rings. The first-order valence-corrected chi connectivity index (χ1v) is 5.98. The average Bonchev–Trinajstić information content (AvgIpc) is 2.14. The molecule has 0 saturated heterocycles. The van der Waals surface area contributed by atoms with Gasteiger partial charge < -0.3 is 10.1 Å². The Morgan fingerprint density at radius 1 is 1.31 bits per heavy atom. The summed E-state index contributed by atoms with van der Waals surface area (Å²) >= 11 is 0. The van der Waals surface area contributed by atoms with Gasteiger partial charge in [-0.15, -0.1) is 0 Å². The van der Waals surface area contributed by atoms with Crippen LogP contribution in [0.25, 0.3) is 0 Å². The third-order valence-electron chi connectivity index (χ3n) is 2.71. The molecule has 1 aliphatic carbocycles. The zero-order valence-corrected chi connectivity index (χ0v) is 10.4. The van der Waals surface area contributed by atoms with E-state index in [-0.39, 0.29) is 6.09 Å². The van der Waals surface area contributed by atoms with E-state index in [9.17, 15) is 9.18 Å². The van der Waals surface area contributed by atoms with Crippen LogP contribution >= 0.6 is 0 Å². The van der Waals surface area contributed by atoms with Gasteiger partial charge in [0.2, 0.25) is 0 Å². The number of hydrogen-bond acceptors (Lipinski definition) is 2. The van der Waals surface area contributed by atoms with E-state index in [1.807, 2.05) is 20.8 Å². The summed E-state index contributed by atoms with van der Waals surface area (Å²) in [6, 6.07) is 0. The van der Waals surface area contributed by atoms with Crippen LogP contribution in [-0.4, -0.2) is 24.4 Å². The Morgan fingerprint density at radius 3 is 2.38 bits per heavy atom. The number of ether oxygens (including phenoxy) is 1. The number of carbonyl (C=O) groups is 1. The highest BCUT2D eigenvalue weighted by atomic mass is 19.1. The molecule has 0 atom stereocenters. The van der Waals surface area contributed by atoms with Crippen molar-refractivity contribution in [1.82, 2.24) is 5.32 Å². The molecular formula is C12H22FNO2. The van der Waals surface area contributed by atoms with Crippen molar-refractivity contribution in [3.05, 3.63) is 0 Å². The summed E-state index contributed by atoms with van der Waals surface area (Å²) in [5.74, 6) is 0.402. The monoisotopic (exact) mass is 231 g/mol. The fraction of sp³-hybridized carbons (Fsp3) is 0.917. The topological polar surface area (TPSA) is 38.3 Å². The van der Waals surface area contributed by atoms with Gasteiger partial charge in [0.15, 0.2) is 0 Å². The quantitative estimate of drug-likeness (QED) is 0.793. The Morgan fingerprint density at radius 2 is 1.88 bits per heavy atom. The second-order valence-corrected chi connectivity index (χ2v) is 5.50. The van der Waals surface area contributed by atoms with Gasteiger partial charge in [-0.25, -0.2) is 9.18 Å². The molecule has 0 aromatic rings. The van der Waals surface area contributed by atoms with Crippen molar-refractivity contribution in [2.45, 2.75) is 58.2 Å². The number of halogens is 1. The largest absolute Gasteiger partial charge is 0.444 e. The number of amides is 1. The Balaban J connectivity index is 2.17. The van der Waals surface area contributed by atoms with E-state index in [4.69, 9.17) is 4.74 Å². The number of nitrogens with one attached hydrogen (secondary N) is 1. The van der Waals surface area contributed by atoms with Crippen molar-refractivity contribution in [2.24, 2.45) is 5.92 Å². The van der Waals surface area contributed by atoms with Crippen LogP contribution in [0.4, 0.5) is 9.18 Å². The third kappa shape index (κ3) is 5.33. The van der Waals surface area contributed by atoms with Crippen LogP contribution in [0.2, 0.25) is 0 Å². The number of carbonyl (C=O) groups excluding carboxylic acids is 1. The number of alkyl carbamates (subject to hydrolysis) is 1. The first-order chi connectivity index (χ1) is 7.37. The zero-order valence-electron chi connectivity index (χ0n) is 10.4. The maximum absolute atomic E-state index is 12.9. The number of rotatable bonds is 2. The Labute approximate surface area is 96.7 Å². The predicted molar refractivity (Wildman–Crippen MR) is 61.1 cm³/mol. The van der Waals surface area contributed by atoms with E-state index in [0.717, 1.165) is 12.8 Å². The van der Waals surface area contributed by atoms with Crippen LogP contribution in [0.15, 0.2) is 0 Å². The lowest BCUT2D eigenvalue weighted by Crippen LogP contribution is -2.36. The van der Waals surface area contributed by atoms with E-state index in [1.54, 1.807) is 0 Å². The minimum atomic E-state index is -0.641. The lowest BCUT2D eigenvalue weighted by Gasteiger charge is -2.25. The van der Waals surface area contributed by atoms with E-state index in [1.165, 1.54) is 0 Å². The molecule has 0 aliphatic heterocycles. The van der Waals surface area contributed by atoms with Crippen molar-refractivity contribution in [2.75, 3.05) is 6.54 Å². The summed E-state index contributed by atoms with van der Waals surface area (Å²) in [6.07, 6.45) is 1.95. The van der Waals surface area contributed by atoms with Gasteiger partial charge in [-0.05, 0) is 52.4 Å². The molecule has 1 aliphatic rings. The van der Waals surface area contributed by atoms with Crippen LogP contribution in [0.3, 0.4) is 0 Å². The fourth-order valence-electron chi connectivity index (χ4n) is 1.87. The standard InChI is InChI=1S/C12H22FNO2/c1-12(2,3)16-11(15)14-8-9-4-6-10(13)7-5-9/h9-10H,4-8H2,1-3H3,(H,14,15). The van der Waals surface area contributed by atoms with Gasteiger partial charge in [0, 0.05) is 6.54 Å². The average molecular weight is 231 g/mol. The summed E-state index contributed by atoms with van der Waals surface area (Å²) < 4.78 is 18.0. The van der Waals surface area contributed by atoms with Gasteiger partial charge in [-0.1, -0.05) is 0 Å². The maximum atomic E-state index is 12.9. The van der Waals surface area contributed by atoms with Crippen molar-refractivity contribution in [1.29, 1.82) is 0 Å². The molecular weight excluding hydrogens is 209 g/mol. The highest BCUT2D eigenvalue weighted by Crippen LogP contribution is 2.25. The van der Waals surface area contributed by atoms with E-state index < -0.39 is 11.8 Å². The van der Waals surface area contributed by atoms with Crippen molar-refractivity contribution >= 4 is 6.09 Å². The van der Waals surface area contributed by atoms with Gasteiger partial charge >= 0.3 is 6.09 Å². The smallest absolute Gasteiger partial charge is 0.407 e. The fourth-order valence-corrected chi connectivity index (χ4v) is 1.87. The second-order valence-electron chi connectivity index (χ2n) is 5.50. The predicted octanol–water partition coefficient (Wildman–Crippen LogP) is 3.04. The first kappa shape index (κ1) is 13.3. The van der Waals surface area contributed by atoms with Crippen LogP contribution < -0.4 is 5.32 Å². The minimum absolute atomic E-state index is 0.380. The molecule has 1 N–H and O–H groups in total. The number of alkyl halides is 1. The zero-order chi connectivity index (χ0) is 12.2. The van der Waals surface area contributed by atoms with Gasteiger partial charge in [-0.3, -0.25) is 0 Å². The molecule has 0 aromatic heterocycles. The minimum Gasteiger partial charge on any atom is -0.444 e. The maximum Gasteiger partial charge on any atom is 0.407 e. The van der Waals surface area contributed by atoms with Crippen LogP contribution in [0.1, 0.15) is 46.5 Å². The van der Waals surface area contributed by atoms with Crippen molar-refractivity contribution in [3.8, 4) is 0 Å². The summed E-state index contributed by atoms with van der Waals surface area (Å²) in [6.45, 7) is 6.10. The SMILES string of the molecule is CC(C)(C)OC(=O)NCC1CCC(F)CC1. The Bertz CT molecular complexity index is 230. The molecule has 0 aromatic carbocycles. The van der Waals surface area contributed by atoms with Gasteiger partial charge in [0.1, 0.15) is 11.8 Å². The lowest BCUT2D eigenvalue weighted by molar-refractivity contribution is 0.0512. The molecule has 0 spiro atoms. The van der Waals surface area contributed by atoms with Crippen molar-refractivity contribution in [3.63, 3.8) is 0 Å². The molecule has 3 nitrogen and oxygen atoms in total. The lowest BCUT2D eigenvalue weighted by atomic mass is 9.88. The molecule has 1 saturated carbocycles. The van der Waals surface area contributed by atoms with E-state index in [0.29, 0.717) is 25.3 Å². The molecule has 1 rings (SSSR count). The molecule has 0 radical (unpaired) electrons. The molecule has 16 heavy (non-hydrogen) atoms. The third-order valence-corrected chi connectivity index (χ3v) is 2.71. The number of hydrogen-bond donors (Lipinski definition) is 1. The highest BCUT2D eigenvalue weighted by Gasteiger charge is 2.22.